The number of nitrogens with two attached hydrogens (primary N) is 1. The molecule has 4 heteroatoms. The number of anilines is 1. The zero-order chi connectivity index (χ0) is 13.9. The summed E-state index contributed by atoms with van der Waals surface area (Å²) < 4.78 is 2.07. The highest BCUT2D eigenvalue weighted by Crippen LogP contribution is 2.18. The fraction of sp³-hybridized carbons (Fsp3) is 0.188. The number of benzene rings is 2. The van der Waals surface area contributed by atoms with Gasteiger partial charge in [0.05, 0.1) is 11.0 Å². The molecule has 0 fully saturated rings. The van der Waals surface area contributed by atoms with Gasteiger partial charge in [-0.15, -0.1) is 0 Å². The standard InChI is InChI=1S/C16H16ClN3/c17-13-9-7-12(8-10-13)4-3-11-20-15-6-2-1-5-14(15)19-16(20)18/h1-2,5-10H,3-4,11H2,(H2,18,19). The van der Waals surface area contributed by atoms with Gasteiger partial charge in [0.1, 0.15) is 0 Å². The molecular weight excluding hydrogens is 270 g/mol. The van der Waals surface area contributed by atoms with Crippen LogP contribution in [0.25, 0.3) is 11.0 Å². The second kappa shape index (κ2) is 5.55. The maximum Gasteiger partial charge on any atom is 0.201 e. The second-order valence-electron chi connectivity index (χ2n) is 4.84. The van der Waals surface area contributed by atoms with Crippen LogP contribution in [0, 0.1) is 0 Å². The predicted octanol–water partition coefficient (Wildman–Crippen LogP) is 3.90. The quantitative estimate of drug-likeness (QED) is 0.790. The molecule has 0 saturated heterocycles. The molecule has 2 N–H and O–H groups in total. The van der Waals surface area contributed by atoms with Crippen molar-refractivity contribution in [3.8, 4) is 0 Å². The van der Waals surface area contributed by atoms with Gasteiger partial charge in [0.2, 0.25) is 5.95 Å². The van der Waals surface area contributed by atoms with E-state index in [1.165, 1.54) is 5.56 Å². The average Bonchev–Trinajstić information content (AvgIpc) is 2.77. The van der Waals surface area contributed by atoms with E-state index in [0.29, 0.717) is 5.95 Å². The topological polar surface area (TPSA) is 43.8 Å². The number of para-hydroxylation sites is 2. The molecule has 0 saturated carbocycles. The van der Waals surface area contributed by atoms with E-state index in [-0.39, 0.29) is 0 Å². The molecular formula is C16H16ClN3. The van der Waals surface area contributed by atoms with Crippen molar-refractivity contribution in [2.45, 2.75) is 19.4 Å². The molecule has 20 heavy (non-hydrogen) atoms. The first kappa shape index (κ1) is 13.0. The maximum atomic E-state index is 5.99. The Kier molecular flexibility index (Phi) is 3.61. The average molecular weight is 286 g/mol. The van der Waals surface area contributed by atoms with Gasteiger partial charge in [0.15, 0.2) is 0 Å². The van der Waals surface area contributed by atoms with Crippen molar-refractivity contribution in [2.75, 3.05) is 5.73 Å². The van der Waals surface area contributed by atoms with Crippen molar-refractivity contribution < 1.29 is 0 Å². The summed E-state index contributed by atoms with van der Waals surface area (Å²) in [5.41, 5.74) is 9.33. The molecule has 0 aliphatic rings. The molecule has 3 aromatic rings. The molecule has 3 rings (SSSR count). The molecule has 0 radical (unpaired) electrons. The van der Waals surface area contributed by atoms with Crippen LogP contribution >= 0.6 is 11.6 Å². The summed E-state index contributed by atoms with van der Waals surface area (Å²) in [6, 6.07) is 16.0. The van der Waals surface area contributed by atoms with E-state index in [1.54, 1.807) is 0 Å². The van der Waals surface area contributed by atoms with Crippen LogP contribution < -0.4 is 5.73 Å². The maximum absolute atomic E-state index is 5.99. The molecule has 0 aliphatic heterocycles. The lowest BCUT2D eigenvalue weighted by Crippen LogP contribution is -2.04. The second-order valence-corrected chi connectivity index (χ2v) is 5.28. The first-order valence-electron chi connectivity index (χ1n) is 6.69. The first-order chi connectivity index (χ1) is 9.74. The van der Waals surface area contributed by atoms with E-state index in [9.17, 15) is 0 Å². The summed E-state index contributed by atoms with van der Waals surface area (Å²) >= 11 is 5.88. The van der Waals surface area contributed by atoms with Gasteiger partial charge in [-0.3, -0.25) is 0 Å². The van der Waals surface area contributed by atoms with E-state index in [0.717, 1.165) is 35.4 Å². The van der Waals surface area contributed by atoms with Crippen LogP contribution in [0.5, 0.6) is 0 Å². The summed E-state index contributed by atoms with van der Waals surface area (Å²) in [6.45, 7) is 0.870. The zero-order valence-electron chi connectivity index (χ0n) is 11.1. The highest BCUT2D eigenvalue weighted by molar-refractivity contribution is 6.30. The fourth-order valence-electron chi connectivity index (χ4n) is 2.42. The summed E-state index contributed by atoms with van der Waals surface area (Å²) in [5, 5.41) is 0.776. The summed E-state index contributed by atoms with van der Waals surface area (Å²) in [5.74, 6) is 0.585. The Morgan fingerprint density at radius 1 is 1.05 bits per heavy atom. The van der Waals surface area contributed by atoms with Crippen molar-refractivity contribution in [1.29, 1.82) is 0 Å². The SMILES string of the molecule is Nc1nc2ccccc2n1CCCc1ccc(Cl)cc1. The van der Waals surface area contributed by atoms with Crippen LogP contribution in [0.15, 0.2) is 48.5 Å². The number of hydrogen-bond acceptors (Lipinski definition) is 2. The van der Waals surface area contributed by atoms with Crippen LogP contribution in [0.3, 0.4) is 0 Å². The number of fused-ring (bicyclic) bond motifs is 1. The van der Waals surface area contributed by atoms with Gasteiger partial charge in [-0.1, -0.05) is 35.9 Å². The van der Waals surface area contributed by atoms with Crippen molar-refractivity contribution in [1.82, 2.24) is 9.55 Å². The molecule has 2 aromatic carbocycles. The summed E-state index contributed by atoms with van der Waals surface area (Å²) in [6.07, 6.45) is 2.02. The van der Waals surface area contributed by atoms with Crippen molar-refractivity contribution in [2.24, 2.45) is 0 Å². The van der Waals surface area contributed by atoms with Gasteiger partial charge >= 0.3 is 0 Å². The van der Waals surface area contributed by atoms with Crippen molar-refractivity contribution in [3.05, 3.63) is 59.1 Å². The lowest BCUT2D eigenvalue weighted by atomic mass is 10.1. The minimum Gasteiger partial charge on any atom is -0.369 e. The predicted molar refractivity (Wildman–Crippen MR) is 83.9 cm³/mol. The smallest absolute Gasteiger partial charge is 0.201 e. The fourth-order valence-corrected chi connectivity index (χ4v) is 2.55. The van der Waals surface area contributed by atoms with Crippen LogP contribution in [-0.2, 0) is 13.0 Å². The molecule has 102 valence electrons. The van der Waals surface area contributed by atoms with E-state index in [1.807, 2.05) is 30.3 Å². The van der Waals surface area contributed by atoms with Gasteiger partial charge in [0.25, 0.3) is 0 Å². The van der Waals surface area contributed by atoms with E-state index in [2.05, 4.69) is 27.8 Å². The molecule has 0 atom stereocenters. The van der Waals surface area contributed by atoms with Crippen LogP contribution in [0.4, 0.5) is 5.95 Å². The Labute approximate surface area is 123 Å². The Balaban J connectivity index is 1.71. The molecule has 1 aromatic heterocycles. The molecule has 1 heterocycles. The van der Waals surface area contributed by atoms with Crippen molar-refractivity contribution in [3.63, 3.8) is 0 Å². The Bertz CT molecular complexity index is 716. The number of hydrogen-bond donors (Lipinski definition) is 1. The van der Waals surface area contributed by atoms with Gasteiger partial charge in [-0.25, -0.2) is 4.98 Å². The van der Waals surface area contributed by atoms with E-state index >= 15 is 0 Å². The van der Waals surface area contributed by atoms with E-state index in [4.69, 9.17) is 17.3 Å². The number of nitrogens with zero attached hydrogens (tertiary/aromatic N) is 2. The lowest BCUT2D eigenvalue weighted by Gasteiger charge is -2.06. The number of nitrogen functional groups attached to an aromatic ring is 1. The molecule has 0 bridgehead atoms. The number of imidazole rings is 1. The van der Waals surface area contributed by atoms with Crippen LogP contribution in [0.2, 0.25) is 5.02 Å². The van der Waals surface area contributed by atoms with Crippen LogP contribution in [-0.4, -0.2) is 9.55 Å². The van der Waals surface area contributed by atoms with E-state index < -0.39 is 0 Å². The third-order valence-electron chi connectivity index (χ3n) is 3.44. The molecule has 0 unspecified atom stereocenters. The highest BCUT2D eigenvalue weighted by Gasteiger charge is 2.06. The largest absolute Gasteiger partial charge is 0.369 e. The minimum atomic E-state index is 0.585. The number of aryl methyl sites for hydroxylation is 2. The summed E-state index contributed by atoms with van der Waals surface area (Å²) in [4.78, 5) is 4.37. The van der Waals surface area contributed by atoms with Gasteiger partial charge < -0.3 is 10.3 Å². The molecule has 0 aliphatic carbocycles. The van der Waals surface area contributed by atoms with Gasteiger partial charge in [-0.05, 0) is 42.7 Å². The Morgan fingerprint density at radius 3 is 2.60 bits per heavy atom. The minimum absolute atomic E-state index is 0.585. The highest BCUT2D eigenvalue weighted by atomic mass is 35.5. The Hall–Kier alpha value is -2.00. The normalized spacial score (nSPS) is 11.1. The Morgan fingerprint density at radius 2 is 1.80 bits per heavy atom. The number of halogens is 1. The monoisotopic (exact) mass is 285 g/mol. The lowest BCUT2D eigenvalue weighted by molar-refractivity contribution is 0.665. The van der Waals surface area contributed by atoms with Crippen molar-refractivity contribution >= 4 is 28.6 Å². The zero-order valence-corrected chi connectivity index (χ0v) is 11.8. The molecule has 3 nitrogen and oxygen atoms in total. The third kappa shape index (κ3) is 2.63. The number of aromatic nitrogens is 2. The number of rotatable bonds is 4. The van der Waals surface area contributed by atoms with Gasteiger partial charge in [0, 0.05) is 11.6 Å². The summed E-state index contributed by atoms with van der Waals surface area (Å²) in [7, 11) is 0. The molecule has 0 spiro atoms. The molecule has 0 amide bonds. The van der Waals surface area contributed by atoms with Gasteiger partial charge in [-0.2, -0.15) is 0 Å². The van der Waals surface area contributed by atoms with Crippen LogP contribution in [0.1, 0.15) is 12.0 Å². The first-order valence-corrected chi connectivity index (χ1v) is 7.07. The third-order valence-corrected chi connectivity index (χ3v) is 3.70.